The van der Waals surface area contributed by atoms with E-state index in [4.69, 9.17) is 9.47 Å². The summed E-state index contributed by atoms with van der Waals surface area (Å²) in [5.41, 5.74) is 1.29. The number of aliphatic imine (C=N–C) groups is 1. The Morgan fingerprint density at radius 3 is 2.26 bits per heavy atom. The number of carbonyl (C=O) groups is 2. The number of hydrogen-bond acceptors (Lipinski definition) is 5. The summed E-state index contributed by atoms with van der Waals surface area (Å²) in [4.78, 5) is 29.2. The van der Waals surface area contributed by atoms with Crippen LogP contribution in [0.3, 0.4) is 0 Å². The average molecular weight is 415 g/mol. The molecule has 0 fully saturated rings. The van der Waals surface area contributed by atoms with Gasteiger partial charge in [0.15, 0.2) is 0 Å². The molecule has 0 unspecified atom stereocenters. The van der Waals surface area contributed by atoms with Gasteiger partial charge in [-0.1, -0.05) is 30.3 Å². The quantitative estimate of drug-likeness (QED) is 0.663. The molecule has 7 nitrogen and oxygen atoms in total. The molecule has 3 aromatic rings. The van der Waals surface area contributed by atoms with Crippen molar-refractivity contribution in [3.8, 4) is 17.2 Å². The van der Waals surface area contributed by atoms with Crippen LogP contribution in [0.2, 0.25) is 0 Å². The van der Waals surface area contributed by atoms with Crippen molar-refractivity contribution in [2.24, 2.45) is 4.99 Å². The van der Waals surface area contributed by atoms with E-state index in [9.17, 15) is 9.59 Å². The molecular weight excluding hydrogens is 394 g/mol. The standard InChI is InChI=1S/C24H21N3O4/c1-30-18-11-7-16(8-12-18)21-15-22(28)26-24(25-21)27-23(29)17-9-13-20(14-10-17)31-19-5-3-2-4-6-19/h2-14,21H,15H2,1H3,(H2,25,26,27,28,29)/t21-/m0/s1. The van der Waals surface area contributed by atoms with Crippen LogP contribution in [-0.2, 0) is 4.79 Å². The lowest BCUT2D eigenvalue weighted by Gasteiger charge is -2.21. The Hall–Kier alpha value is -4.13. The molecule has 3 aromatic carbocycles. The van der Waals surface area contributed by atoms with E-state index in [1.165, 1.54) is 0 Å². The van der Waals surface area contributed by atoms with Gasteiger partial charge in [-0.05, 0) is 54.1 Å². The molecule has 2 N–H and O–H groups in total. The molecule has 1 aliphatic rings. The highest BCUT2D eigenvalue weighted by molar-refractivity contribution is 6.10. The summed E-state index contributed by atoms with van der Waals surface area (Å²) in [6.07, 6.45) is 0.206. The summed E-state index contributed by atoms with van der Waals surface area (Å²) >= 11 is 0. The molecule has 4 rings (SSSR count). The van der Waals surface area contributed by atoms with Crippen molar-refractivity contribution < 1.29 is 19.1 Å². The highest BCUT2D eigenvalue weighted by atomic mass is 16.5. The SMILES string of the molecule is COc1ccc([C@@H]2CC(=O)NC(NC(=O)c3ccc(Oc4ccccc4)cc3)=N2)cc1. The van der Waals surface area contributed by atoms with Gasteiger partial charge in [0.1, 0.15) is 17.2 Å². The lowest BCUT2D eigenvalue weighted by Crippen LogP contribution is -2.47. The molecule has 0 saturated carbocycles. The number of benzene rings is 3. The minimum absolute atomic E-state index is 0.131. The fourth-order valence-corrected chi connectivity index (χ4v) is 3.15. The van der Waals surface area contributed by atoms with Gasteiger partial charge in [0.25, 0.3) is 5.91 Å². The van der Waals surface area contributed by atoms with E-state index in [2.05, 4.69) is 15.6 Å². The van der Waals surface area contributed by atoms with Crippen molar-refractivity contribution in [3.05, 3.63) is 90.0 Å². The van der Waals surface area contributed by atoms with Gasteiger partial charge in [-0.25, -0.2) is 4.99 Å². The number of nitrogens with zero attached hydrogens (tertiary/aromatic N) is 1. The third-order valence-corrected chi connectivity index (χ3v) is 4.75. The van der Waals surface area contributed by atoms with Crippen molar-refractivity contribution in [3.63, 3.8) is 0 Å². The fraction of sp³-hybridized carbons (Fsp3) is 0.125. The third kappa shape index (κ3) is 5.08. The van der Waals surface area contributed by atoms with Gasteiger partial charge >= 0.3 is 0 Å². The van der Waals surface area contributed by atoms with Gasteiger partial charge in [-0.15, -0.1) is 0 Å². The van der Waals surface area contributed by atoms with Crippen LogP contribution in [0.5, 0.6) is 17.2 Å². The van der Waals surface area contributed by atoms with Crippen molar-refractivity contribution in [2.45, 2.75) is 12.5 Å². The van der Waals surface area contributed by atoms with Gasteiger partial charge in [-0.3, -0.25) is 20.2 Å². The largest absolute Gasteiger partial charge is 0.497 e. The molecule has 0 bridgehead atoms. The molecule has 7 heteroatoms. The minimum Gasteiger partial charge on any atom is -0.497 e. The van der Waals surface area contributed by atoms with E-state index in [-0.39, 0.29) is 30.2 Å². The molecule has 31 heavy (non-hydrogen) atoms. The molecule has 0 aromatic heterocycles. The maximum Gasteiger partial charge on any atom is 0.257 e. The van der Waals surface area contributed by atoms with Crippen LogP contribution in [0.15, 0.2) is 83.9 Å². The second-order valence-electron chi connectivity index (χ2n) is 6.91. The lowest BCUT2D eigenvalue weighted by atomic mass is 10.0. The predicted octanol–water partition coefficient (Wildman–Crippen LogP) is 3.83. The number of nitrogens with one attached hydrogen (secondary N) is 2. The van der Waals surface area contributed by atoms with Crippen LogP contribution in [0.4, 0.5) is 0 Å². The Morgan fingerprint density at radius 1 is 0.935 bits per heavy atom. The van der Waals surface area contributed by atoms with Crippen LogP contribution in [0.25, 0.3) is 0 Å². The summed E-state index contributed by atoms with van der Waals surface area (Å²) in [5.74, 6) is 1.60. The number of amides is 2. The van der Waals surface area contributed by atoms with E-state index >= 15 is 0 Å². The number of carbonyl (C=O) groups excluding carboxylic acids is 2. The Bertz CT molecular complexity index is 1090. The highest BCUT2D eigenvalue weighted by Crippen LogP contribution is 2.25. The zero-order chi connectivity index (χ0) is 21.6. The number of ether oxygens (including phenoxy) is 2. The van der Waals surface area contributed by atoms with Gasteiger partial charge < -0.3 is 9.47 Å². The molecule has 2 amide bonds. The highest BCUT2D eigenvalue weighted by Gasteiger charge is 2.23. The van der Waals surface area contributed by atoms with Crippen LogP contribution in [0, 0.1) is 0 Å². The first-order valence-corrected chi connectivity index (χ1v) is 9.76. The number of guanidine groups is 1. The van der Waals surface area contributed by atoms with Gasteiger partial charge in [0, 0.05) is 5.56 Å². The van der Waals surface area contributed by atoms with E-state index in [0.717, 1.165) is 11.3 Å². The van der Waals surface area contributed by atoms with Crippen LogP contribution in [-0.4, -0.2) is 24.9 Å². The van der Waals surface area contributed by atoms with E-state index < -0.39 is 0 Å². The minimum atomic E-state index is -0.378. The number of methoxy groups -OCH3 is 1. The molecule has 0 spiro atoms. The third-order valence-electron chi connectivity index (χ3n) is 4.75. The topological polar surface area (TPSA) is 89.0 Å². The number of para-hydroxylation sites is 1. The first-order chi connectivity index (χ1) is 15.1. The number of rotatable bonds is 5. The van der Waals surface area contributed by atoms with Gasteiger partial charge in [-0.2, -0.15) is 0 Å². The molecular formula is C24H21N3O4. The molecule has 156 valence electrons. The second kappa shape index (κ2) is 9.13. The normalized spacial score (nSPS) is 15.5. The maximum atomic E-state index is 12.6. The maximum absolute atomic E-state index is 12.6. The average Bonchev–Trinajstić information content (AvgIpc) is 2.80. The summed E-state index contributed by atoms with van der Waals surface area (Å²) < 4.78 is 10.9. The van der Waals surface area contributed by atoms with E-state index in [1.54, 1.807) is 31.4 Å². The van der Waals surface area contributed by atoms with Crippen molar-refractivity contribution in [1.29, 1.82) is 0 Å². The fourth-order valence-electron chi connectivity index (χ4n) is 3.15. The zero-order valence-corrected chi connectivity index (χ0v) is 16.9. The Morgan fingerprint density at radius 2 is 1.58 bits per heavy atom. The summed E-state index contributed by atoms with van der Waals surface area (Å²) in [6.45, 7) is 0. The zero-order valence-electron chi connectivity index (χ0n) is 16.9. The van der Waals surface area contributed by atoms with Crippen LogP contribution in [0.1, 0.15) is 28.4 Å². The smallest absolute Gasteiger partial charge is 0.257 e. The first kappa shape index (κ1) is 20.2. The second-order valence-corrected chi connectivity index (χ2v) is 6.91. The number of hydrogen-bond donors (Lipinski definition) is 2. The predicted molar refractivity (Wildman–Crippen MR) is 116 cm³/mol. The van der Waals surface area contributed by atoms with Crippen LogP contribution >= 0.6 is 0 Å². The summed E-state index contributed by atoms with van der Waals surface area (Å²) in [6, 6.07) is 23.1. The molecule has 0 radical (unpaired) electrons. The van der Waals surface area contributed by atoms with Crippen molar-refractivity contribution >= 4 is 17.8 Å². The summed E-state index contributed by atoms with van der Waals surface area (Å²) in [7, 11) is 1.59. The molecule has 1 heterocycles. The van der Waals surface area contributed by atoms with Crippen LogP contribution < -0.4 is 20.1 Å². The Kier molecular flexibility index (Phi) is 5.93. The summed E-state index contributed by atoms with van der Waals surface area (Å²) in [5, 5.41) is 5.28. The Balaban J connectivity index is 1.44. The van der Waals surface area contributed by atoms with Crippen molar-refractivity contribution in [1.82, 2.24) is 10.6 Å². The van der Waals surface area contributed by atoms with E-state index in [0.29, 0.717) is 17.1 Å². The Labute approximate surface area is 179 Å². The molecule has 1 aliphatic heterocycles. The first-order valence-electron chi connectivity index (χ1n) is 9.76. The molecule has 1 atom stereocenters. The van der Waals surface area contributed by atoms with Gasteiger partial charge in [0.05, 0.1) is 19.6 Å². The molecule has 0 aliphatic carbocycles. The molecule has 0 saturated heterocycles. The lowest BCUT2D eigenvalue weighted by molar-refractivity contribution is -0.120. The van der Waals surface area contributed by atoms with Gasteiger partial charge in [0.2, 0.25) is 11.9 Å². The monoisotopic (exact) mass is 415 g/mol. The van der Waals surface area contributed by atoms with E-state index in [1.807, 2.05) is 54.6 Å². The van der Waals surface area contributed by atoms with Crippen molar-refractivity contribution in [2.75, 3.05) is 7.11 Å².